The molecule has 1 heterocycles. The minimum absolute atomic E-state index is 0. The van der Waals surface area contributed by atoms with E-state index in [4.69, 9.17) is 11.5 Å². The minimum Gasteiger partial charge on any atom is -1.00 e. The van der Waals surface area contributed by atoms with E-state index in [9.17, 15) is 0 Å². The number of halogens is 1. The van der Waals surface area contributed by atoms with Crippen LogP contribution in [0.4, 0.5) is 11.4 Å². The molecule has 4 N–H and O–H groups in total. The van der Waals surface area contributed by atoms with Crippen LogP contribution in [-0.4, -0.2) is 27.3 Å². The van der Waals surface area contributed by atoms with Crippen LogP contribution in [0.2, 0.25) is 0 Å². The largest absolute Gasteiger partial charge is 1.00 e. The second-order valence-electron chi connectivity index (χ2n) is 6.04. The molecule has 130 valence electrons. The number of aryl methyl sites for hydroxylation is 1. The zero-order valence-electron chi connectivity index (χ0n) is 14.5. The van der Waals surface area contributed by atoms with Gasteiger partial charge < -0.3 is 28.4 Å². The Morgan fingerprint density at radius 2 is 1.38 bits per heavy atom. The van der Waals surface area contributed by atoms with Crippen LogP contribution in [0.1, 0.15) is 6.92 Å². The first-order valence-corrected chi connectivity index (χ1v) is 8.18. The predicted octanol–water partition coefficient (Wildman–Crippen LogP) is 0.755. The fourth-order valence-electron chi connectivity index (χ4n) is 3.49. The Labute approximate surface area is 183 Å². The SMILES string of the molecule is CC[n+]1c(-c2ccccc2)c2cc(N)ccc2c2ccc(N)cc21.[Br-].[Pb]. The molecule has 5 heteroatoms. The van der Waals surface area contributed by atoms with Crippen molar-refractivity contribution >= 4 is 60.3 Å². The van der Waals surface area contributed by atoms with Gasteiger partial charge in [0.15, 0.2) is 0 Å². The molecule has 4 aromatic rings. The van der Waals surface area contributed by atoms with Crippen molar-refractivity contribution in [2.75, 3.05) is 11.5 Å². The van der Waals surface area contributed by atoms with Crippen LogP contribution in [0, 0.1) is 0 Å². The molecule has 0 amide bonds. The molecular formula is C21H20BrN3Pb. The smallest absolute Gasteiger partial charge is 0.220 e. The Morgan fingerprint density at radius 1 is 0.769 bits per heavy atom. The summed E-state index contributed by atoms with van der Waals surface area (Å²) in [7, 11) is 0. The van der Waals surface area contributed by atoms with Gasteiger partial charge in [0, 0.05) is 55.7 Å². The van der Waals surface area contributed by atoms with Crippen molar-refractivity contribution in [1.29, 1.82) is 0 Å². The number of hydrogen-bond acceptors (Lipinski definition) is 2. The number of nitrogens with zero attached hydrogens (tertiary/aromatic N) is 1. The van der Waals surface area contributed by atoms with E-state index < -0.39 is 0 Å². The predicted molar refractivity (Wildman–Crippen MR) is 107 cm³/mol. The molecule has 0 saturated heterocycles. The zero-order chi connectivity index (χ0) is 16.7. The topological polar surface area (TPSA) is 55.9 Å². The van der Waals surface area contributed by atoms with Crippen molar-refractivity contribution in [1.82, 2.24) is 0 Å². The van der Waals surface area contributed by atoms with E-state index in [2.05, 4.69) is 60.0 Å². The third-order valence-electron chi connectivity index (χ3n) is 4.53. The Morgan fingerprint density at radius 3 is 2.04 bits per heavy atom. The van der Waals surface area contributed by atoms with Gasteiger partial charge in [0.2, 0.25) is 11.2 Å². The van der Waals surface area contributed by atoms with Gasteiger partial charge in [-0.2, -0.15) is 4.57 Å². The van der Waals surface area contributed by atoms with Crippen molar-refractivity contribution in [2.45, 2.75) is 13.5 Å². The first-order chi connectivity index (χ1) is 11.7. The summed E-state index contributed by atoms with van der Waals surface area (Å²) in [6, 6.07) is 22.7. The number of pyridine rings is 1. The van der Waals surface area contributed by atoms with E-state index in [-0.39, 0.29) is 44.3 Å². The molecule has 0 aliphatic carbocycles. The van der Waals surface area contributed by atoms with Crippen molar-refractivity contribution < 1.29 is 21.5 Å². The average Bonchev–Trinajstić information content (AvgIpc) is 2.61. The Hall–Kier alpha value is -1.67. The van der Waals surface area contributed by atoms with E-state index >= 15 is 0 Å². The number of aromatic nitrogens is 1. The van der Waals surface area contributed by atoms with E-state index in [0.29, 0.717) is 0 Å². The van der Waals surface area contributed by atoms with E-state index in [1.165, 1.54) is 27.4 Å². The number of fused-ring (bicyclic) bond motifs is 3. The summed E-state index contributed by atoms with van der Waals surface area (Å²) in [6.45, 7) is 3.02. The van der Waals surface area contributed by atoms with Gasteiger partial charge in [-0.05, 0) is 43.3 Å². The quantitative estimate of drug-likeness (QED) is 0.154. The van der Waals surface area contributed by atoms with Gasteiger partial charge in [-0.15, -0.1) is 0 Å². The molecule has 0 saturated carbocycles. The first-order valence-electron chi connectivity index (χ1n) is 8.18. The van der Waals surface area contributed by atoms with Gasteiger partial charge in [0.1, 0.15) is 6.54 Å². The molecule has 0 fully saturated rings. The van der Waals surface area contributed by atoms with Crippen LogP contribution in [0.5, 0.6) is 0 Å². The molecule has 1 aromatic heterocycles. The summed E-state index contributed by atoms with van der Waals surface area (Å²) < 4.78 is 2.32. The van der Waals surface area contributed by atoms with Gasteiger partial charge in [-0.3, -0.25) is 0 Å². The van der Waals surface area contributed by atoms with Crippen molar-refractivity contribution in [3.8, 4) is 11.3 Å². The Kier molecular flexibility index (Phi) is 6.63. The normalized spacial score (nSPS) is 10.3. The molecule has 0 atom stereocenters. The van der Waals surface area contributed by atoms with Gasteiger partial charge in [-0.25, -0.2) is 0 Å². The van der Waals surface area contributed by atoms with E-state index in [1.54, 1.807) is 0 Å². The summed E-state index contributed by atoms with van der Waals surface area (Å²) in [6.07, 6.45) is 0. The molecule has 4 radical (unpaired) electrons. The first kappa shape index (κ1) is 20.6. The number of anilines is 2. The fraction of sp³-hybridized carbons (Fsp3) is 0.0952. The van der Waals surface area contributed by atoms with Gasteiger partial charge in [-0.1, -0.05) is 24.3 Å². The minimum atomic E-state index is 0. The molecule has 0 unspecified atom stereocenters. The van der Waals surface area contributed by atoms with Crippen molar-refractivity contribution in [2.24, 2.45) is 0 Å². The van der Waals surface area contributed by atoms with Crippen LogP contribution in [-0.2, 0) is 6.54 Å². The molecule has 3 nitrogen and oxygen atoms in total. The molecule has 0 aliphatic rings. The second-order valence-corrected chi connectivity index (χ2v) is 6.04. The molecule has 0 bridgehead atoms. The molecule has 3 aromatic carbocycles. The van der Waals surface area contributed by atoms with Crippen molar-refractivity contribution in [3.05, 3.63) is 66.7 Å². The zero-order valence-corrected chi connectivity index (χ0v) is 20.0. The molecule has 0 spiro atoms. The number of benzene rings is 3. The Balaban J connectivity index is 0.00000121. The van der Waals surface area contributed by atoms with Gasteiger partial charge in [0.25, 0.3) is 0 Å². The second kappa shape index (κ2) is 8.35. The summed E-state index contributed by atoms with van der Waals surface area (Å²) in [5.74, 6) is 0. The van der Waals surface area contributed by atoms with Crippen LogP contribution in [0.3, 0.4) is 0 Å². The number of rotatable bonds is 2. The third kappa shape index (κ3) is 3.44. The van der Waals surface area contributed by atoms with Gasteiger partial charge >= 0.3 is 0 Å². The van der Waals surface area contributed by atoms with E-state index in [1.807, 2.05) is 18.2 Å². The molecular weight excluding hydrogens is 581 g/mol. The maximum absolute atomic E-state index is 6.10. The third-order valence-corrected chi connectivity index (χ3v) is 4.53. The number of nitrogen functional groups attached to an aromatic ring is 2. The summed E-state index contributed by atoms with van der Waals surface area (Å²) in [5, 5.41) is 3.56. The van der Waals surface area contributed by atoms with Gasteiger partial charge in [0.05, 0.1) is 10.8 Å². The summed E-state index contributed by atoms with van der Waals surface area (Å²) >= 11 is 0. The Bertz CT molecular complexity index is 1070. The van der Waals surface area contributed by atoms with Crippen LogP contribution < -0.4 is 33.0 Å². The van der Waals surface area contributed by atoms with Crippen molar-refractivity contribution in [3.63, 3.8) is 0 Å². The number of nitrogens with two attached hydrogens (primary N) is 2. The molecule has 26 heavy (non-hydrogen) atoms. The summed E-state index contributed by atoms with van der Waals surface area (Å²) in [5.41, 5.74) is 17.2. The average molecular weight is 602 g/mol. The van der Waals surface area contributed by atoms with E-state index in [0.717, 1.165) is 23.4 Å². The standard InChI is InChI=1S/C21H19N3.BrH.Pb/c1-2-24-20-13-16(23)9-11-18(20)17-10-8-15(22)12-19(17)21(24)14-6-4-3-5-7-14;;/h3-13,23H,2,22H2,1H3;1H;. The van der Waals surface area contributed by atoms with Crippen LogP contribution >= 0.6 is 0 Å². The maximum Gasteiger partial charge on any atom is 0.220 e. The fourth-order valence-corrected chi connectivity index (χ4v) is 3.49. The molecule has 4 rings (SSSR count). The molecule has 0 aliphatic heterocycles. The monoisotopic (exact) mass is 601 g/mol. The maximum atomic E-state index is 6.10. The summed E-state index contributed by atoms with van der Waals surface area (Å²) in [4.78, 5) is 0. The number of hydrogen-bond donors (Lipinski definition) is 2. The van der Waals surface area contributed by atoms with Crippen LogP contribution in [0.25, 0.3) is 32.9 Å². The van der Waals surface area contributed by atoms with Crippen LogP contribution in [0.15, 0.2) is 66.7 Å².